The summed E-state index contributed by atoms with van der Waals surface area (Å²) in [4.78, 5) is 25.9. The molecule has 2 aliphatic rings. The quantitative estimate of drug-likeness (QED) is 0.361. The van der Waals surface area contributed by atoms with Crippen LogP contribution >= 0.6 is 11.6 Å². The molecule has 11 heteroatoms. The maximum absolute atomic E-state index is 14.0. The van der Waals surface area contributed by atoms with Crippen LogP contribution in [-0.2, 0) is 12.6 Å². The van der Waals surface area contributed by atoms with Gasteiger partial charge in [0.15, 0.2) is 0 Å². The second-order valence-electron chi connectivity index (χ2n) is 9.26. The van der Waals surface area contributed by atoms with Crippen molar-refractivity contribution < 1.29 is 36.6 Å². The van der Waals surface area contributed by atoms with Crippen LogP contribution in [0.1, 0.15) is 61.9 Å². The van der Waals surface area contributed by atoms with Crippen molar-refractivity contribution in [1.82, 2.24) is 5.32 Å². The number of rotatable bonds is 5. The molecule has 0 spiro atoms. The van der Waals surface area contributed by atoms with Gasteiger partial charge >= 0.3 is 6.18 Å². The van der Waals surface area contributed by atoms with Gasteiger partial charge in [0.05, 0.1) is 17.2 Å². The van der Waals surface area contributed by atoms with Crippen LogP contribution in [0.4, 0.5) is 27.6 Å². The highest BCUT2D eigenvalue weighted by Crippen LogP contribution is 2.43. The molecule has 1 saturated carbocycles. The Morgan fingerprint density at radius 3 is 2.49 bits per heavy atom. The predicted octanol–water partition coefficient (Wildman–Crippen LogP) is 5.79. The minimum atomic E-state index is -4.88. The van der Waals surface area contributed by atoms with E-state index in [-0.39, 0.29) is 39.9 Å². The van der Waals surface area contributed by atoms with Crippen LogP contribution in [0.25, 0.3) is 0 Å². The van der Waals surface area contributed by atoms with E-state index >= 15 is 0 Å². The van der Waals surface area contributed by atoms with Crippen LogP contribution in [0.15, 0.2) is 48.5 Å². The third-order valence-electron chi connectivity index (χ3n) is 6.41. The summed E-state index contributed by atoms with van der Waals surface area (Å²) in [5.74, 6) is -3.49. The molecule has 1 fully saturated rings. The van der Waals surface area contributed by atoms with Gasteiger partial charge in [-0.1, -0.05) is 11.6 Å². The number of aliphatic hydroxyl groups is 1. The molecule has 0 bridgehead atoms. The number of nitrogens with one attached hydrogen (secondary N) is 2. The number of benzene rings is 3. The Bertz CT molecular complexity index is 1450. The summed E-state index contributed by atoms with van der Waals surface area (Å²) < 4.78 is 67.5. The van der Waals surface area contributed by atoms with E-state index in [4.69, 9.17) is 11.6 Å². The second-order valence-corrected chi connectivity index (χ2v) is 9.67. The molecule has 1 aliphatic carbocycles. The van der Waals surface area contributed by atoms with Gasteiger partial charge in [0.2, 0.25) is 0 Å². The zero-order valence-corrected chi connectivity index (χ0v) is 19.6. The summed E-state index contributed by atoms with van der Waals surface area (Å²) >= 11 is 6.26. The minimum absolute atomic E-state index is 0.0308. The molecule has 5 rings (SSSR count). The molecule has 3 aromatic carbocycles. The Labute approximate surface area is 212 Å². The lowest BCUT2D eigenvalue weighted by Crippen LogP contribution is -2.21. The van der Waals surface area contributed by atoms with Crippen LogP contribution in [0.5, 0.6) is 0 Å². The molecule has 37 heavy (non-hydrogen) atoms. The molecule has 1 heterocycles. The Balaban J connectivity index is 1.60. The molecule has 2 amide bonds. The first-order chi connectivity index (χ1) is 17.3. The topological polar surface area (TPSA) is 78.4 Å². The molecule has 192 valence electrons. The Kier molecular flexibility index (Phi) is 5.99. The van der Waals surface area contributed by atoms with Gasteiger partial charge in [0, 0.05) is 39.4 Å². The maximum Gasteiger partial charge on any atom is 0.416 e. The largest absolute Gasteiger partial charge is 0.416 e. The lowest BCUT2D eigenvalue weighted by Gasteiger charge is -2.19. The third-order valence-corrected chi connectivity index (χ3v) is 6.76. The first-order valence-electron chi connectivity index (χ1n) is 11.2. The number of fused-ring (bicyclic) bond motifs is 1. The van der Waals surface area contributed by atoms with Gasteiger partial charge in [-0.3, -0.25) is 9.59 Å². The van der Waals surface area contributed by atoms with E-state index in [0.717, 1.165) is 12.1 Å². The molecule has 0 radical (unpaired) electrons. The van der Waals surface area contributed by atoms with Gasteiger partial charge in [0.25, 0.3) is 11.8 Å². The molecule has 0 aromatic heterocycles. The summed E-state index contributed by atoms with van der Waals surface area (Å²) in [5, 5.41) is 15.7. The van der Waals surface area contributed by atoms with Gasteiger partial charge < -0.3 is 15.7 Å². The summed E-state index contributed by atoms with van der Waals surface area (Å²) in [6.45, 7) is 0. The average Bonchev–Trinajstić information content (AvgIpc) is 3.44. The standard InChI is InChI=1S/C26H18ClF5N2O3/c27-19-2-1-15(28)10-17(19)22-21-18(24(36)34-22)5-12(11-25(37)3-4-25)6-20(21)33-23(35)13-7-14(26(30,31)32)9-16(29)8-13/h1-2,5-10,22,37H,3-4,11H2,(H,33,35)(H,34,36). The van der Waals surface area contributed by atoms with Crippen molar-refractivity contribution in [2.24, 2.45) is 0 Å². The number of halogens is 6. The highest BCUT2D eigenvalue weighted by atomic mass is 35.5. The fraction of sp³-hybridized carbons (Fsp3) is 0.231. The first-order valence-corrected chi connectivity index (χ1v) is 11.5. The third kappa shape index (κ3) is 5.03. The van der Waals surface area contributed by atoms with Crippen LogP contribution < -0.4 is 10.6 Å². The number of carbonyl (C=O) groups is 2. The second kappa shape index (κ2) is 8.81. The number of anilines is 1. The van der Waals surface area contributed by atoms with Crippen LogP contribution in [0.2, 0.25) is 5.02 Å². The summed E-state index contributed by atoms with van der Waals surface area (Å²) in [6, 6.07) is 7.03. The fourth-order valence-electron chi connectivity index (χ4n) is 4.45. The molecule has 3 N–H and O–H groups in total. The van der Waals surface area contributed by atoms with E-state index < -0.39 is 52.4 Å². The van der Waals surface area contributed by atoms with Crippen molar-refractivity contribution in [2.45, 2.75) is 37.1 Å². The van der Waals surface area contributed by atoms with E-state index in [1.54, 1.807) is 0 Å². The van der Waals surface area contributed by atoms with Crippen molar-refractivity contribution >= 4 is 29.1 Å². The van der Waals surface area contributed by atoms with Crippen molar-refractivity contribution in [3.8, 4) is 0 Å². The summed E-state index contributed by atoms with van der Waals surface area (Å²) in [6.07, 6.45) is -3.63. The highest BCUT2D eigenvalue weighted by molar-refractivity contribution is 6.31. The maximum atomic E-state index is 14.0. The molecular weight excluding hydrogens is 519 g/mol. The predicted molar refractivity (Wildman–Crippen MR) is 124 cm³/mol. The SMILES string of the molecule is O=C(Nc1cc(CC2(O)CC2)cc2c1C(c1cc(F)ccc1Cl)NC2=O)c1cc(F)cc(C(F)(F)F)c1. The number of hydrogen-bond acceptors (Lipinski definition) is 3. The van der Waals surface area contributed by atoms with Gasteiger partial charge in [-0.2, -0.15) is 13.2 Å². The monoisotopic (exact) mass is 536 g/mol. The smallest absolute Gasteiger partial charge is 0.390 e. The zero-order chi connectivity index (χ0) is 26.7. The van der Waals surface area contributed by atoms with E-state index in [2.05, 4.69) is 10.6 Å². The van der Waals surface area contributed by atoms with Gasteiger partial charge in [-0.25, -0.2) is 8.78 Å². The molecule has 1 atom stereocenters. The van der Waals surface area contributed by atoms with Crippen molar-refractivity contribution in [2.75, 3.05) is 5.32 Å². The normalized spacial score (nSPS) is 17.8. The number of carbonyl (C=O) groups excluding carboxylic acids is 2. The van der Waals surface area contributed by atoms with Crippen molar-refractivity contribution in [3.63, 3.8) is 0 Å². The minimum Gasteiger partial charge on any atom is -0.390 e. The first kappa shape index (κ1) is 25.2. The Morgan fingerprint density at radius 1 is 1.08 bits per heavy atom. The number of alkyl halides is 3. The molecule has 1 aliphatic heterocycles. The number of hydrogen-bond donors (Lipinski definition) is 3. The van der Waals surface area contributed by atoms with Crippen LogP contribution in [-0.4, -0.2) is 22.5 Å². The van der Waals surface area contributed by atoms with Gasteiger partial charge in [0.1, 0.15) is 11.6 Å². The van der Waals surface area contributed by atoms with E-state index in [9.17, 15) is 36.6 Å². The molecule has 1 unspecified atom stereocenters. The van der Waals surface area contributed by atoms with Gasteiger partial charge in [-0.05, 0) is 66.9 Å². The van der Waals surface area contributed by atoms with E-state index in [1.165, 1.54) is 18.2 Å². The lowest BCUT2D eigenvalue weighted by atomic mass is 9.92. The summed E-state index contributed by atoms with van der Waals surface area (Å²) in [7, 11) is 0. The molecule has 3 aromatic rings. The molecular formula is C26H18ClF5N2O3. The summed E-state index contributed by atoms with van der Waals surface area (Å²) in [5.41, 5.74) is -1.84. The fourth-order valence-corrected chi connectivity index (χ4v) is 4.67. The van der Waals surface area contributed by atoms with E-state index in [0.29, 0.717) is 30.5 Å². The van der Waals surface area contributed by atoms with Crippen molar-refractivity contribution in [1.29, 1.82) is 0 Å². The highest BCUT2D eigenvalue weighted by Gasteiger charge is 2.41. The zero-order valence-electron chi connectivity index (χ0n) is 18.8. The molecule has 5 nitrogen and oxygen atoms in total. The Morgan fingerprint density at radius 2 is 1.81 bits per heavy atom. The molecule has 0 saturated heterocycles. The Hall–Kier alpha value is -3.50. The number of amides is 2. The lowest BCUT2D eigenvalue weighted by molar-refractivity contribution is -0.137. The van der Waals surface area contributed by atoms with Crippen LogP contribution in [0, 0.1) is 11.6 Å². The van der Waals surface area contributed by atoms with E-state index in [1.807, 2.05) is 0 Å². The van der Waals surface area contributed by atoms with Crippen LogP contribution in [0.3, 0.4) is 0 Å². The average molecular weight is 537 g/mol. The van der Waals surface area contributed by atoms with Gasteiger partial charge in [-0.15, -0.1) is 0 Å². The van der Waals surface area contributed by atoms with Crippen molar-refractivity contribution in [3.05, 3.63) is 98.6 Å².